The average molecular weight is 288 g/mol. The lowest BCUT2D eigenvalue weighted by Gasteiger charge is -2.10. The molecule has 0 aliphatic heterocycles. The van der Waals surface area contributed by atoms with Crippen LogP contribution in [0.2, 0.25) is 0 Å². The molecule has 0 radical (unpaired) electrons. The third-order valence-electron chi connectivity index (χ3n) is 2.33. The summed E-state index contributed by atoms with van der Waals surface area (Å²) in [7, 11) is 0. The summed E-state index contributed by atoms with van der Waals surface area (Å²) in [6.07, 6.45) is -4.43. The molecule has 0 aromatic heterocycles. The molecule has 0 spiro atoms. The molecule has 0 unspecified atom stereocenters. The normalized spacial score (nSPS) is 12.2. The molecule has 1 aromatic rings. The van der Waals surface area contributed by atoms with Crippen LogP contribution in [0.15, 0.2) is 23.3 Å². The van der Waals surface area contributed by atoms with E-state index in [1.165, 1.54) is 13.0 Å². The van der Waals surface area contributed by atoms with E-state index in [0.29, 0.717) is 5.56 Å². The van der Waals surface area contributed by atoms with Gasteiger partial charge in [-0.05, 0) is 44.5 Å². The molecule has 0 aliphatic carbocycles. The number of rotatable bonds is 4. The van der Waals surface area contributed by atoms with E-state index < -0.39 is 17.7 Å². The number of ether oxygens (including phenoxy) is 1. The third kappa shape index (κ3) is 4.56. The molecule has 1 rings (SSSR count). The van der Waals surface area contributed by atoms with E-state index >= 15 is 0 Å². The van der Waals surface area contributed by atoms with Crippen molar-refractivity contribution in [3.8, 4) is 0 Å². The van der Waals surface area contributed by atoms with Crippen molar-refractivity contribution < 1.29 is 22.7 Å². The molecule has 0 heterocycles. The number of aryl methyl sites for hydroxylation is 1. The molecular weight excluding hydrogens is 273 g/mol. The number of benzene rings is 1. The van der Waals surface area contributed by atoms with Crippen molar-refractivity contribution in [1.29, 1.82) is 0 Å². The van der Waals surface area contributed by atoms with Crippen LogP contribution in [0.1, 0.15) is 25.0 Å². The second kappa shape index (κ2) is 6.40. The van der Waals surface area contributed by atoms with Crippen LogP contribution in [0, 0.1) is 6.92 Å². The molecule has 0 aliphatic rings. The number of nitrogens with one attached hydrogen (secondary N) is 1. The van der Waals surface area contributed by atoms with Crippen LogP contribution in [-0.2, 0) is 15.7 Å². The topological polar surface area (TPSA) is 50.7 Å². The smallest absolute Gasteiger partial charge is 0.416 e. The number of anilines is 1. The Morgan fingerprint density at radius 2 is 2.00 bits per heavy atom. The van der Waals surface area contributed by atoms with Crippen molar-refractivity contribution in [2.75, 3.05) is 12.0 Å². The lowest BCUT2D eigenvalue weighted by molar-refractivity contribution is -0.137. The summed E-state index contributed by atoms with van der Waals surface area (Å²) >= 11 is 0. The van der Waals surface area contributed by atoms with Gasteiger partial charge < -0.3 is 4.74 Å². The first-order valence-corrected chi connectivity index (χ1v) is 5.90. The van der Waals surface area contributed by atoms with Crippen LogP contribution in [0.3, 0.4) is 0 Å². The molecule has 0 saturated carbocycles. The Kier molecular flexibility index (Phi) is 5.12. The molecule has 1 N–H and O–H groups in total. The van der Waals surface area contributed by atoms with Gasteiger partial charge in [-0.2, -0.15) is 18.3 Å². The predicted molar refractivity (Wildman–Crippen MR) is 69.5 cm³/mol. The number of hydrazone groups is 1. The fourth-order valence-corrected chi connectivity index (χ4v) is 1.44. The van der Waals surface area contributed by atoms with Gasteiger partial charge in [0.15, 0.2) is 0 Å². The second-order valence-electron chi connectivity index (χ2n) is 4.11. The third-order valence-corrected chi connectivity index (χ3v) is 2.33. The van der Waals surface area contributed by atoms with Gasteiger partial charge in [0.05, 0.1) is 17.9 Å². The first-order chi connectivity index (χ1) is 9.24. The molecular formula is C13H15F3N2O2. The molecule has 0 fully saturated rings. The Labute approximate surface area is 114 Å². The van der Waals surface area contributed by atoms with Gasteiger partial charge in [0.2, 0.25) is 0 Å². The Hall–Kier alpha value is -2.05. The number of alkyl halides is 3. The van der Waals surface area contributed by atoms with E-state index in [1.807, 2.05) is 0 Å². The van der Waals surface area contributed by atoms with Crippen LogP contribution in [0.5, 0.6) is 0 Å². The van der Waals surface area contributed by atoms with Crippen molar-refractivity contribution in [1.82, 2.24) is 0 Å². The summed E-state index contributed by atoms with van der Waals surface area (Å²) in [4.78, 5) is 11.3. The van der Waals surface area contributed by atoms with Crippen LogP contribution < -0.4 is 5.43 Å². The van der Waals surface area contributed by atoms with Crippen LogP contribution >= 0.6 is 0 Å². The largest absolute Gasteiger partial charge is 0.461 e. The summed E-state index contributed by atoms with van der Waals surface area (Å²) in [5.41, 5.74) is 2.27. The number of esters is 1. The van der Waals surface area contributed by atoms with E-state index in [-0.39, 0.29) is 18.0 Å². The molecule has 0 saturated heterocycles. The first-order valence-electron chi connectivity index (χ1n) is 5.90. The van der Waals surface area contributed by atoms with Gasteiger partial charge >= 0.3 is 12.1 Å². The van der Waals surface area contributed by atoms with E-state index in [1.54, 1.807) is 13.8 Å². The average Bonchev–Trinajstić information content (AvgIpc) is 2.34. The standard InChI is InChI=1S/C13H15F3N2O2/c1-4-20-12(19)9(3)17-18-11-6-8(2)5-10(7-11)13(14,15)16/h5-7,18H,4H2,1-3H3/b17-9+. The fraction of sp³-hybridized carbons (Fsp3) is 0.385. The highest BCUT2D eigenvalue weighted by Crippen LogP contribution is 2.31. The van der Waals surface area contributed by atoms with E-state index in [0.717, 1.165) is 12.1 Å². The Bertz CT molecular complexity index is 525. The van der Waals surface area contributed by atoms with Gasteiger partial charge in [0.1, 0.15) is 5.71 Å². The highest BCUT2D eigenvalue weighted by molar-refractivity contribution is 6.35. The molecule has 1 aromatic carbocycles. The number of hydrogen-bond donors (Lipinski definition) is 1. The summed E-state index contributed by atoms with van der Waals surface area (Å²) in [6, 6.07) is 3.46. The Morgan fingerprint density at radius 1 is 1.35 bits per heavy atom. The number of hydrogen-bond acceptors (Lipinski definition) is 4. The number of carbonyl (C=O) groups is 1. The fourth-order valence-electron chi connectivity index (χ4n) is 1.44. The van der Waals surface area contributed by atoms with Crippen molar-refractivity contribution >= 4 is 17.4 Å². The second-order valence-corrected chi connectivity index (χ2v) is 4.11. The van der Waals surface area contributed by atoms with Gasteiger partial charge in [-0.3, -0.25) is 5.43 Å². The van der Waals surface area contributed by atoms with E-state index in [4.69, 9.17) is 4.74 Å². The van der Waals surface area contributed by atoms with E-state index in [2.05, 4.69) is 10.5 Å². The SMILES string of the molecule is CCOC(=O)/C(C)=N/Nc1cc(C)cc(C(F)(F)F)c1. The molecule has 7 heteroatoms. The minimum Gasteiger partial charge on any atom is -0.461 e. The van der Waals surface area contributed by atoms with Gasteiger partial charge in [0.25, 0.3) is 0 Å². The molecule has 4 nitrogen and oxygen atoms in total. The Morgan fingerprint density at radius 3 is 2.55 bits per heavy atom. The maximum atomic E-state index is 12.6. The monoisotopic (exact) mass is 288 g/mol. The summed E-state index contributed by atoms with van der Waals surface area (Å²) in [5, 5.41) is 3.70. The molecule has 110 valence electrons. The summed E-state index contributed by atoms with van der Waals surface area (Å²) in [5.74, 6) is -0.622. The zero-order valence-corrected chi connectivity index (χ0v) is 11.3. The molecule has 0 atom stereocenters. The molecule has 0 amide bonds. The minimum absolute atomic E-state index is 0.0296. The maximum Gasteiger partial charge on any atom is 0.416 e. The maximum absolute atomic E-state index is 12.6. The molecule has 20 heavy (non-hydrogen) atoms. The van der Waals surface area contributed by atoms with Gasteiger partial charge in [-0.1, -0.05) is 0 Å². The van der Waals surface area contributed by atoms with Crippen LogP contribution in [0.4, 0.5) is 18.9 Å². The van der Waals surface area contributed by atoms with Gasteiger partial charge in [0, 0.05) is 0 Å². The zero-order valence-electron chi connectivity index (χ0n) is 11.3. The Balaban J connectivity index is 2.91. The first kappa shape index (κ1) is 16.0. The zero-order chi connectivity index (χ0) is 15.3. The predicted octanol–water partition coefficient (Wildman–Crippen LogP) is 3.36. The quantitative estimate of drug-likeness (QED) is 0.525. The highest BCUT2D eigenvalue weighted by Gasteiger charge is 2.30. The summed E-state index contributed by atoms with van der Waals surface area (Å²) < 4.78 is 42.6. The number of carbonyl (C=O) groups excluding carboxylic acids is 1. The minimum atomic E-state index is -4.43. The van der Waals surface area contributed by atoms with Gasteiger partial charge in [-0.15, -0.1) is 0 Å². The molecule has 0 bridgehead atoms. The van der Waals surface area contributed by atoms with Crippen molar-refractivity contribution in [2.45, 2.75) is 26.9 Å². The van der Waals surface area contributed by atoms with E-state index in [9.17, 15) is 18.0 Å². The van der Waals surface area contributed by atoms with Crippen LogP contribution in [0.25, 0.3) is 0 Å². The van der Waals surface area contributed by atoms with Crippen molar-refractivity contribution in [3.63, 3.8) is 0 Å². The summed E-state index contributed by atoms with van der Waals surface area (Å²) in [6.45, 7) is 4.80. The van der Waals surface area contributed by atoms with Crippen molar-refractivity contribution in [3.05, 3.63) is 29.3 Å². The van der Waals surface area contributed by atoms with Gasteiger partial charge in [-0.25, -0.2) is 4.79 Å². The number of halogens is 3. The van der Waals surface area contributed by atoms with Crippen molar-refractivity contribution in [2.24, 2.45) is 5.10 Å². The van der Waals surface area contributed by atoms with Crippen LogP contribution in [-0.4, -0.2) is 18.3 Å². The lowest BCUT2D eigenvalue weighted by Crippen LogP contribution is -2.15. The lowest BCUT2D eigenvalue weighted by atomic mass is 10.1. The highest BCUT2D eigenvalue weighted by atomic mass is 19.4. The number of nitrogens with zero attached hydrogens (tertiary/aromatic N) is 1.